The van der Waals surface area contributed by atoms with E-state index in [-0.39, 0.29) is 11.7 Å². The molecule has 0 bridgehead atoms. The fraction of sp³-hybridized carbons (Fsp3) is 0.333. The maximum absolute atomic E-state index is 12.4. The Balaban J connectivity index is 1.77. The summed E-state index contributed by atoms with van der Waals surface area (Å²) >= 11 is 1.61. The van der Waals surface area contributed by atoms with E-state index >= 15 is 0 Å². The van der Waals surface area contributed by atoms with Gasteiger partial charge in [0.25, 0.3) is 5.91 Å². The fourth-order valence-electron chi connectivity index (χ4n) is 2.79. The Hall–Kier alpha value is -1.94. The third kappa shape index (κ3) is 3.28. The van der Waals surface area contributed by atoms with Gasteiger partial charge in [0.05, 0.1) is 4.88 Å². The molecule has 1 amide bonds. The molecule has 2 aromatic rings. The van der Waals surface area contributed by atoms with Gasteiger partial charge in [-0.3, -0.25) is 9.59 Å². The van der Waals surface area contributed by atoms with E-state index in [0.717, 1.165) is 17.7 Å². The molecule has 0 unspecified atom stereocenters. The van der Waals surface area contributed by atoms with Crippen LogP contribution in [0.25, 0.3) is 0 Å². The predicted molar refractivity (Wildman–Crippen MR) is 90.0 cm³/mol. The summed E-state index contributed by atoms with van der Waals surface area (Å²) in [6.45, 7) is 1.53. The van der Waals surface area contributed by atoms with E-state index in [4.69, 9.17) is 0 Å². The second-order valence-corrected chi connectivity index (χ2v) is 6.85. The van der Waals surface area contributed by atoms with Gasteiger partial charge in [-0.2, -0.15) is 0 Å². The van der Waals surface area contributed by atoms with E-state index in [0.29, 0.717) is 11.3 Å². The second-order valence-electron chi connectivity index (χ2n) is 5.71. The van der Waals surface area contributed by atoms with Crippen LogP contribution in [0.1, 0.15) is 56.7 Å². The number of aryl methyl sites for hydroxylation is 2. The summed E-state index contributed by atoms with van der Waals surface area (Å²) in [5.41, 5.74) is 2.62. The summed E-state index contributed by atoms with van der Waals surface area (Å²) in [5.74, 6) is -0.0855. The van der Waals surface area contributed by atoms with Gasteiger partial charge in [0.15, 0.2) is 5.78 Å². The lowest BCUT2D eigenvalue weighted by molar-refractivity contribution is 0.101. The molecular weight excluding hydrogens is 294 g/mol. The average molecular weight is 313 g/mol. The predicted octanol–water partition coefficient (Wildman–Crippen LogP) is 4.47. The second kappa shape index (κ2) is 6.44. The van der Waals surface area contributed by atoms with Crippen molar-refractivity contribution in [2.75, 3.05) is 5.32 Å². The number of fused-ring (bicyclic) bond motifs is 1. The SMILES string of the molecule is CC(=O)c1cccc(NC(=O)c2cc3c(s2)CCCCC3)c1. The number of anilines is 1. The molecule has 22 heavy (non-hydrogen) atoms. The van der Waals surface area contributed by atoms with Gasteiger partial charge in [0, 0.05) is 16.1 Å². The number of hydrogen-bond acceptors (Lipinski definition) is 3. The van der Waals surface area contributed by atoms with Gasteiger partial charge in [-0.05, 0) is 56.4 Å². The normalized spacial score (nSPS) is 14.0. The van der Waals surface area contributed by atoms with E-state index in [1.54, 1.807) is 29.5 Å². The monoisotopic (exact) mass is 313 g/mol. The number of amides is 1. The van der Waals surface area contributed by atoms with Crippen molar-refractivity contribution in [3.63, 3.8) is 0 Å². The minimum atomic E-state index is -0.0845. The molecule has 0 saturated carbocycles. The van der Waals surface area contributed by atoms with Crippen LogP contribution in [-0.2, 0) is 12.8 Å². The van der Waals surface area contributed by atoms with Crippen LogP contribution in [0.3, 0.4) is 0 Å². The Morgan fingerprint density at radius 1 is 1.09 bits per heavy atom. The quantitative estimate of drug-likeness (QED) is 0.671. The maximum atomic E-state index is 12.4. The number of thiophene rings is 1. The number of Topliss-reactive ketones (excluding diaryl/α,β-unsaturated/α-hetero) is 1. The lowest BCUT2D eigenvalue weighted by Crippen LogP contribution is -2.10. The van der Waals surface area contributed by atoms with Crippen LogP contribution in [0.15, 0.2) is 30.3 Å². The molecule has 0 spiro atoms. The average Bonchev–Trinajstić information content (AvgIpc) is 2.79. The van der Waals surface area contributed by atoms with Gasteiger partial charge in [-0.15, -0.1) is 11.3 Å². The summed E-state index contributed by atoms with van der Waals surface area (Å²) in [6.07, 6.45) is 5.88. The highest BCUT2D eigenvalue weighted by Gasteiger charge is 2.16. The van der Waals surface area contributed by atoms with Crippen LogP contribution in [0.2, 0.25) is 0 Å². The highest BCUT2D eigenvalue weighted by Crippen LogP contribution is 2.29. The lowest BCUT2D eigenvalue weighted by Gasteiger charge is -2.05. The minimum absolute atomic E-state index is 0.000985. The van der Waals surface area contributed by atoms with Crippen LogP contribution in [0.5, 0.6) is 0 Å². The van der Waals surface area contributed by atoms with Crippen molar-refractivity contribution < 1.29 is 9.59 Å². The number of ketones is 1. The van der Waals surface area contributed by atoms with Crippen molar-refractivity contribution in [3.05, 3.63) is 51.2 Å². The van der Waals surface area contributed by atoms with Gasteiger partial charge >= 0.3 is 0 Å². The number of hydrogen-bond donors (Lipinski definition) is 1. The Bertz CT molecular complexity index is 694. The van der Waals surface area contributed by atoms with Crippen LogP contribution in [0, 0.1) is 0 Å². The number of benzene rings is 1. The van der Waals surface area contributed by atoms with Crippen LogP contribution < -0.4 is 5.32 Å². The number of rotatable bonds is 3. The van der Waals surface area contributed by atoms with E-state index < -0.39 is 0 Å². The molecular formula is C18H19NO2S. The number of nitrogens with one attached hydrogen (secondary N) is 1. The van der Waals surface area contributed by atoms with Gasteiger partial charge in [0.1, 0.15) is 0 Å². The minimum Gasteiger partial charge on any atom is -0.321 e. The molecule has 114 valence electrons. The molecule has 1 aliphatic carbocycles. The topological polar surface area (TPSA) is 46.2 Å². The van der Waals surface area contributed by atoms with Crippen molar-refractivity contribution in [2.45, 2.75) is 39.0 Å². The van der Waals surface area contributed by atoms with Gasteiger partial charge in [-0.25, -0.2) is 0 Å². The molecule has 1 aliphatic rings. The van der Waals surface area contributed by atoms with Crippen molar-refractivity contribution in [1.29, 1.82) is 0 Å². The first-order chi connectivity index (χ1) is 10.6. The van der Waals surface area contributed by atoms with E-state index in [1.807, 2.05) is 12.1 Å². The molecule has 1 N–H and O–H groups in total. The first-order valence-corrected chi connectivity index (χ1v) is 8.49. The Morgan fingerprint density at radius 3 is 2.73 bits per heavy atom. The number of carbonyl (C=O) groups is 2. The fourth-order valence-corrected chi connectivity index (χ4v) is 3.94. The first kappa shape index (κ1) is 15.0. The highest BCUT2D eigenvalue weighted by molar-refractivity contribution is 7.14. The van der Waals surface area contributed by atoms with Crippen LogP contribution in [-0.4, -0.2) is 11.7 Å². The van der Waals surface area contributed by atoms with Crippen molar-refractivity contribution in [2.24, 2.45) is 0 Å². The molecule has 0 fully saturated rings. The largest absolute Gasteiger partial charge is 0.321 e. The molecule has 0 saturated heterocycles. The zero-order chi connectivity index (χ0) is 15.5. The van der Waals surface area contributed by atoms with E-state index in [1.165, 1.54) is 36.6 Å². The molecule has 0 radical (unpaired) electrons. The summed E-state index contributed by atoms with van der Waals surface area (Å²) in [7, 11) is 0. The van der Waals surface area contributed by atoms with Gasteiger partial charge in [0.2, 0.25) is 0 Å². The summed E-state index contributed by atoms with van der Waals surface area (Å²) in [4.78, 5) is 25.9. The maximum Gasteiger partial charge on any atom is 0.265 e. The zero-order valence-electron chi connectivity index (χ0n) is 12.6. The van der Waals surface area contributed by atoms with Crippen molar-refractivity contribution >= 4 is 28.7 Å². The van der Waals surface area contributed by atoms with E-state index in [2.05, 4.69) is 5.32 Å². The third-order valence-corrected chi connectivity index (χ3v) is 5.23. The molecule has 3 nitrogen and oxygen atoms in total. The summed E-state index contributed by atoms with van der Waals surface area (Å²) in [5, 5.41) is 2.90. The van der Waals surface area contributed by atoms with Crippen LogP contribution >= 0.6 is 11.3 Å². The smallest absolute Gasteiger partial charge is 0.265 e. The Labute approximate surface area is 134 Å². The first-order valence-electron chi connectivity index (χ1n) is 7.67. The lowest BCUT2D eigenvalue weighted by atomic mass is 10.1. The summed E-state index contributed by atoms with van der Waals surface area (Å²) in [6, 6.07) is 9.11. The molecule has 0 aliphatic heterocycles. The third-order valence-electron chi connectivity index (χ3n) is 4.00. The molecule has 1 heterocycles. The van der Waals surface area contributed by atoms with Crippen molar-refractivity contribution in [3.8, 4) is 0 Å². The molecule has 1 aromatic carbocycles. The Kier molecular flexibility index (Phi) is 4.39. The molecule has 0 atom stereocenters. The van der Waals surface area contributed by atoms with Gasteiger partial charge in [-0.1, -0.05) is 18.6 Å². The van der Waals surface area contributed by atoms with Gasteiger partial charge < -0.3 is 5.32 Å². The van der Waals surface area contributed by atoms with E-state index in [9.17, 15) is 9.59 Å². The molecule has 4 heteroatoms. The molecule has 1 aromatic heterocycles. The van der Waals surface area contributed by atoms with Crippen molar-refractivity contribution in [1.82, 2.24) is 0 Å². The standard InChI is InChI=1S/C18H19NO2S/c1-12(20)13-7-5-8-15(10-13)19-18(21)17-11-14-6-3-2-4-9-16(14)22-17/h5,7-8,10-11H,2-4,6,9H2,1H3,(H,19,21). The zero-order valence-corrected chi connectivity index (χ0v) is 13.5. The highest BCUT2D eigenvalue weighted by atomic mass is 32.1. The number of carbonyl (C=O) groups excluding carboxylic acids is 2. The summed E-state index contributed by atoms with van der Waals surface area (Å²) < 4.78 is 0. The molecule has 3 rings (SSSR count). The Morgan fingerprint density at radius 2 is 1.91 bits per heavy atom. The van der Waals surface area contributed by atoms with Crippen LogP contribution in [0.4, 0.5) is 5.69 Å².